The van der Waals surface area contributed by atoms with E-state index in [1.165, 1.54) is 11.8 Å². The Morgan fingerprint density at radius 1 is 0.776 bits per heavy atom. The highest BCUT2D eigenvalue weighted by atomic mass is 19.3. The van der Waals surface area contributed by atoms with E-state index in [4.69, 9.17) is 4.74 Å². The average molecular weight is 937 g/mol. The minimum absolute atomic E-state index is 0.0695. The van der Waals surface area contributed by atoms with E-state index in [1.54, 1.807) is 65.0 Å². The molecule has 368 valence electrons. The van der Waals surface area contributed by atoms with Crippen molar-refractivity contribution in [2.75, 3.05) is 13.1 Å². The number of nitrogens with one attached hydrogen (secondary N) is 4. The van der Waals surface area contributed by atoms with Gasteiger partial charge in [0.05, 0.1) is 18.6 Å². The monoisotopic (exact) mass is 937 g/mol. The molecule has 0 bridgehead atoms. The highest BCUT2D eigenvalue weighted by molar-refractivity contribution is 6.10. The zero-order valence-corrected chi connectivity index (χ0v) is 40.4. The lowest BCUT2D eigenvalue weighted by Gasteiger charge is -2.32. The Labute approximate surface area is 393 Å². The molecule has 6 amide bonds. The summed E-state index contributed by atoms with van der Waals surface area (Å²) in [6.45, 7) is 15.7. The largest absolute Gasteiger partial charge is 0.444 e. The van der Waals surface area contributed by atoms with Crippen LogP contribution in [0.25, 0.3) is 0 Å². The van der Waals surface area contributed by atoms with Crippen molar-refractivity contribution in [1.29, 1.82) is 0 Å². The van der Waals surface area contributed by atoms with Crippen LogP contribution in [0.5, 0.6) is 0 Å². The highest BCUT2D eigenvalue weighted by Gasteiger charge is 2.52. The number of benzene rings is 2. The van der Waals surface area contributed by atoms with E-state index in [1.807, 2.05) is 45.0 Å². The van der Waals surface area contributed by atoms with Crippen molar-refractivity contribution in [3.63, 3.8) is 0 Å². The van der Waals surface area contributed by atoms with Gasteiger partial charge in [-0.2, -0.15) is 8.78 Å². The lowest BCUT2D eigenvalue weighted by molar-refractivity contribution is -0.161. The molecule has 2 aromatic carbocycles. The standard InChI is InChI=1S/C50H70F2N6O9/c1-10-18-37(43(61)50(51,52)47(65)53-32(6)33-19-12-11-13-20-33)54-44(62)38-27-36(67-48(66)57-26-25-34-21-14-15-22-35(34)28-57)29-58(38)46(64)42(31(4)5)56-45(63)41(30(2)3)55-40(60)24-17-16-23-39(59)49(7,8)9/h11-15,19-22,30-32,36-38,41-42H,10,16-18,23-29H2,1-9H3,(H,53,65)(H,54,62)(H,55,60)(H,56,63)/t32-,36+,37-,38-,41-,42-/m0/s1. The summed E-state index contributed by atoms with van der Waals surface area (Å²) in [6, 6.07) is 9.50. The van der Waals surface area contributed by atoms with Crippen LogP contribution in [0.2, 0.25) is 0 Å². The molecular formula is C50H70F2N6O9. The van der Waals surface area contributed by atoms with Crippen molar-refractivity contribution in [2.45, 2.75) is 162 Å². The van der Waals surface area contributed by atoms with Gasteiger partial charge < -0.3 is 35.8 Å². The van der Waals surface area contributed by atoms with E-state index in [-0.39, 0.29) is 44.6 Å². The Bertz CT molecular complexity index is 2090. The van der Waals surface area contributed by atoms with Crippen LogP contribution in [0.3, 0.4) is 0 Å². The minimum Gasteiger partial charge on any atom is -0.444 e. The molecule has 4 rings (SSSR count). The summed E-state index contributed by atoms with van der Waals surface area (Å²) in [7, 11) is 0. The van der Waals surface area contributed by atoms with Gasteiger partial charge in [-0.05, 0) is 61.1 Å². The number of likely N-dealkylation sites (tertiary alicyclic amines) is 1. The summed E-state index contributed by atoms with van der Waals surface area (Å²) in [5.41, 5.74) is 2.07. The number of Topliss-reactive ketones (excluding diaryl/α,β-unsaturated/α-hetero) is 2. The van der Waals surface area contributed by atoms with Crippen molar-refractivity contribution in [2.24, 2.45) is 17.3 Å². The lowest BCUT2D eigenvalue weighted by Crippen LogP contribution is -2.60. The molecule has 67 heavy (non-hydrogen) atoms. The van der Waals surface area contributed by atoms with Crippen LogP contribution in [0.4, 0.5) is 13.6 Å². The SMILES string of the molecule is CCC[C@H](NC(=O)[C@@H]1C[C@@H](OC(=O)N2CCc3ccccc3C2)CN1C(=O)[C@@H](NC(=O)[C@@H](NC(=O)CCCCC(=O)C(C)(C)C)C(C)C)C(C)C)C(=O)C(F)(F)C(=O)N[C@@H](C)c1ccccc1. The Hall–Kier alpha value is -5.74. The van der Waals surface area contributed by atoms with Gasteiger partial charge in [0.15, 0.2) is 0 Å². The van der Waals surface area contributed by atoms with Crippen LogP contribution in [0.15, 0.2) is 54.6 Å². The maximum Gasteiger partial charge on any atom is 0.410 e. The van der Waals surface area contributed by atoms with Gasteiger partial charge in [0.2, 0.25) is 29.4 Å². The number of hydrogen-bond acceptors (Lipinski definition) is 9. The Morgan fingerprint density at radius 3 is 2.00 bits per heavy atom. The number of ketones is 2. The number of halogens is 2. The minimum atomic E-state index is -4.55. The second-order valence-electron chi connectivity index (χ2n) is 19.5. The third-order valence-electron chi connectivity index (χ3n) is 12.3. The topological polar surface area (TPSA) is 200 Å². The maximum absolute atomic E-state index is 15.7. The number of unbranched alkanes of at least 4 members (excludes halogenated alkanes) is 1. The quantitative estimate of drug-likeness (QED) is 0.0860. The molecule has 17 heteroatoms. The fourth-order valence-corrected chi connectivity index (χ4v) is 8.17. The number of nitrogens with zero attached hydrogens (tertiary/aromatic N) is 2. The number of alkyl halides is 2. The first kappa shape index (κ1) is 53.9. The van der Waals surface area contributed by atoms with E-state index in [9.17, 15) is 38.4 Å². The molecule has 0 spiro atoms. The van der Waals surface area contributed by atoms with Gasteiger partial charge in [-0.1, -0.05) is 116 Å². The van der Waals surface area contributed by atoms with Crippen molar-refractivity contribution in [1.82, 2.24) is 31.1 Å². The zero-order chi connectivity index (χ0) is 49.8. The van der Waals surface area contributed by atoms with Crippen molar-refractivity contribution >= 4 is 47.2 Å². The van der Waals surface area contributed by atoms with Crippen molar-refractivity contribution < 1.29 is 51.9 Å². The Kier molecular flexibility index (Phi) is 19.2. The molecule has 2 aromatic rings. The molecule has 0 aliphatic carbocycles. The van der Waals surface area contributed by atoms with Crippen molar-refractivity contribution in [3.05, 3.63) is 71.3 Å². The third kappa shape index (κ3) is 14.6. The van der Waals surface area contributed by atoms with E-state index in [2.05, 4.69) is 21.3 Å². The van der Waals surface area contributed by atoms with E-state index < -0.39 is 101 Å². The number of ether oxygens (including phenoxy) is 1. The first-order valence-electron chi connectivity index (χ1n) is 23.5. The molecule has 0 radical (unpaired) electrons. The van der Waals surface area contributed by atoms with Gasteiger partial charge in [-0.25, -0.2) is 4.79 Å². The smallest absolute Gasteiger partial charge is 0.410 e. The fraction of sp³-hybridized carbons (Fsp3) is 0.600. The summed E-state index contributed by atoms with van der Waals surface area (Å²) in [4.78, 5) is 111. The molecule has 0 unspecified atom stereocenters. The molecule has 0 saturated carbocycles. The summed E-state index contributed by atoms with van der Waals surface area (Å²) in [5.74, 6) is -12.0. The number of carbonyl (C=O) groups is 8. The molecule has 6 atom stereocenters. The number of hydrogen-bond donors (Lipinski definition) is 4. The first-order chi connectivity index (χ1) is 31.5. The van der Waals surface area contributed by atoms with Gasteiger partial charge in [0, 0.05) is 37.8 Å². The predicted octanol–water partition coefficient (Wildman–Crippen LogP) is 5.97. The van der Waals surface area contributed by atoms with Crippen LogP contribution >= 0.6 is 0 Å². The molecule has 2 aliphatic heterocycles. The van der Waals surface area contributed by atoms with Gasteiger partial charge in [-0.3, -0.25) is 33.6 Å². The van der Waals surface area contributed by atoms with Gasteiger partial charge in [0.25, 0.3) is 5.91 Å². The van der Waals surface area contributed by atoms with Crippen LogP contribution in [-0.2, 0) is 51.3 Å². The Balaban J connectivity index is 1.54. The summed E-state index contributed by atoms with van der Waals surface area (Å²) in [5, 5.41) is 10.1. The zero-order valence-electron chi connectivity index (χ0n) is 40.4. The molecule has 2 aliphatic rings. The van der Waals surface area contributed by atoms with Gasteiger partial charge >= 0.3 is 12.0 Å². The highest BCUT2D eigenvalue weighted by Crippen LogP contribution is 2.28. The maximum atomic E-state index is 15.7. The second kappa shape index (κ2) is 23.8. The molecule has 4 N–H and O–H groups in total. The second-order valence-corrected chi connectivity index (χ2v) is 19.5. The van der Waals surface area contributed by atoms with Crippen LogP contribution < -0.4 is 21.3 Å². The molecule has 1 fully saturated rings. The number of amides is 6. The molecule has 1 saturated heterocycles. The molecular weight excluding hydrogens is 867 g/mol. The van der Waals surface area contributed by atoms with Gasteiger partial charge in [-0.15, -0.1) is 0 Å². The normalized spacial score (nSPS) is 18.0. The summed E-state index contributed by atoms with van der Waals surface area (Å²) in [6.07, 6.45) is -0.224. The van der Waals surface area contributed by atoms with Gasteiger partial charge in [0.1, 0.15) is 30.0 Å². The van der Waals surface area contributed by atoms with Crippen LogP contribution in [0.1, 0.15) is 130 Å². The molecule has 2 heterocycles. The summed E-state index contributed by atoms with van der Waals surface area (Å²) < 4.78 is 37.3. The van der Waals surface area contributed by atoms with Crippen LogP contribution in [-0.4, -0.2) is 106 Å². The fourth-order valence-electron chi connectivity index (χ4n) is 8.17. The van der Waals surface area contributed by atoms with E-state index >= 15 is 8.78 Å². The van der Waals surface area contributed by atoms with E-state index in [0.717, 1.165) is 16.0 Å². The number of fused-ring (bicyclic) bond motifs is 1. The van der Waals surface area contributed by atoms with Crippen molar-refractivity contribution in [3.8, 4) is 0 Å². The summed E-state index contributed by atoms with van der Waals surface area (Å²) >= 11 is 0. The number of rotatable bonds is 21. The lowest BCUT2D eigenvalue weighted by atomic mass is 9.88. The number of carbonyl (C=O) groups excluding carboxylic acids is 8. The molecule has 15 nitrogen and oxygen atoms in total. The first-order valence-corrected chi connectivity index (χ1v) is 23.5. The Morgan fingerprint density at radius 2 is 1.39 bits per heavy atom. The average Bonchev–Trinajstić information content (AvgIpc) is 3.71. The third-order valence-corrected chi connectivity index (χ3v) is 12.3. The predicted molar refractivity (Wildman–Crippen MR) is 247 cm³/mol. The van der Waals surface area contributed by atoms with E-state index in [0.29, 0.717) is 37.8 Å². The van der Waals surface area contributed by atoms with Crippen LogP contribution in [0, 0.1) is 17.3 Å². The molecule has 0 aromatic heterocycles.